The molecule has 0 amide bonds. The van der Waals surface area contributed by atoms with Gasteiger partial charge in [-0.15, -0.1) is 0 Å². The predicted molar refractivity (Wildman–Crippen MR) is 99.6 cm³/mol. The summed E-state index contributed by atoms with van der Waals surface area (Å²) >= 11 is 0. The molecule has 1 saturated carbocycles. The molecule has 1 aliphatic carbocycles. The molecule has 27 heavy (non-hydrogen) atoms. The van der Waals surface area contributed by atoms with Gasteiger partial charge in [-0.25, -0.2) is 9.18 Å². The Balaban J connectivity index is 1.52. The number of nitrogens with one attached hydrogen (secondary N) is 1. The monoisotopic (exact) mass is 380 g/mol. The summed E-state index contributed by atoms with van der Waals surface area (Å²) in [5.41, 5.74) is -0.0802. The second-order valence-electron chi connectivity index (χ2n) is 7.49. The molecule has 1 aromatic carbocycles. The Morgan fingerprint density at radius 1 is 1.41 bits per heavy atom. The fourth-order valence-electron chi connectivity index (χ4n) is 3.70. The summed E-state index contributed by atoms with van der Waals surface area (Å²) in [7, 11) is 1.23. The van der Waals surface area contributed by atoms with E-state index in [4.69, 9.17) is 9.47 Å². The summed E-state index contributed by atoms with van der Waals surface area (Å²) in [5.74, 6) is -0.866. The smallest absolute Gasteiger partial charge is 0.340 e. The van der Waals surface area contributed by atoms with Gasteiger partial charge < -0.3 is 19.5 Å². The molecule has 3 rings (SSSR count). The van der Waals surface area contributed by atoms with E-state index in [1.54, 1.807) is 6.07 Å². The zero-order valence-electron chi connectivity index (χ0n) is 16.2. The first-order valence-electron chi connectivity index (χ1n) is 9.60. The summed E-state index contributed by atoms with van der Waals surface area (Å²) in [6.45, 7) is 7.88. The minimum Gasteiger partial charge on any atom is -0.490 e. The van der Waals surface area contributed by atoms with Gasteiger partial charge in [-0.3, -0.25) is 4.90 Å². The molecule has 2 aliphatic rings. The summed E-state index contributed by atoms with van der Waals surface area (Å²) in [6, 6.07) is 5.14. The fourth-order valence-corrected chi connectivity index (χ4v) is 3.70. The van der Waals surface area contributed by atoms with Crippen molar-refractivity contribution in [2.45, 2.75) is 51.0 Å². The third-order valence-corrected chi connectivity index (χ3v) is 5.27. The molecule has 7 heteroatoms. The van der Waals surface area contributed by atoms with E-state index in [1.165, 1.54) is 19.2 Å². The van der Waals surface area contributed by atoms with Crippen molar-refractivity contribution in [2.24, 2.45) is 0 Å². The van der Waals surface area contributed by atoms with Gasteiger partial charge in [0.05, 0.1) is 25.4 Å². The lowest BCUT2D eigenvalue weighted by atomic mass is 9.86. The largest absolute Gasteiger partial charge is 0.490 e. The quantitative estimate of drug-likeness (QED) is 0.732. The van der Waals surface area contributed by atoms with Crippen molar-refractivity contribution in [3.63, 3.8) is 0 Å². The average molecular weight is 380 g/mol. The zero-order valence-corrected chi connectivity index (χ0v) is 16.2. The van der Waals surface area contributed by atoms with E-state index in [0.717, 1.165) is 39.1 Å². The van der Waals surface area contributed by atoms with Crippen molar-refractivity contribution in [3.8, 4) is 5.75 Å². The summed E-state index contributed by atoms with van der Waals surface area (Å²) in [5, 5.41) is 3.37. The van der Waals surface area contributed by atoms with Gasteiger partial charge in [0.15, 0.2) is 0 Å². The maximum absolute atomic E-state index is 14.0. The van der Waals surface area contributed by atoms with Gasteiger partial charge in [0.25, 0.3) is 0 Å². The number of hydrogen-bond donors (Lipinski definition) is 1. The summed E-state index contributed by atoms with van der Waals surface area (Å²) in [4.78, 5) is 13.9. The average Bonchev–Trinajstić information content (AvgIpc) is 2.63. The van der Waals surface area contributed by atoms with Gasteiger partial charge >= 0.3 is 5.97 Å². The fraction of sp³-hybridized carbons (Fsp3) is 0.650. The number of nitrogens with zero attached hydrogens (tertiary/aromatic N) is 1. The number of esters is 1. The van der Waals surface area contributed by atoms with Crippen LogP contribution in [0, 0.1) is 5.82 Å². The van der Waals surface area contributed by atoms with Crippen LogP contribution in [0.3, 0.4) is 0 Å². The van der Waals surface area contributed by atoms with Crippen LogP contribution in [0.4, 0.5) is 4.39 Å². The second kappa shape index (κ2) is 8.99. The highest BCUT2D eigenvalue weighted by atomic mass is 19.1. The van der Waals surface area contributed by atoms with Crippen molar-refractivity contribution in [1.82, 2.24) is 10.2 Å². The highest BCUT2D eigenvalue weighted by Gasteiger charge is 2.37. The number of methoxy groups -OCH3 is 1. The second-order valence-corrected chi connectivity index (χ2v) is 7.49. The zero-order chi connectivity index (χ0) is 19.4. The molecule has 1 heterocycles. The molecule has 0 spiro atoms. The minimum absolute atomic E-state index is 0.0602. The number of rotatable bonds is 7. The Kier molecular flexibility index (Phi) is 6.68. The molecule has 6 nitrogen and oxygen atoms in total. The van der Waals surface area contributed by atoms with Crippen molar-refractivity contribution >= 4 is 5.97 Å². The molecular weight excluding hydrogens is 351 g/mol. The maximum atomic E-state index is 14.0. The minimum atomic E-state index is -0.685. The topological polar surface area (TPSA) is 60.0 Å². The third-order valence-electron chi connectivity index (χ3n) is 5.27. The molecule has 1 aromatic rings. The molecule has 2 fully saturated rings. The van der Waals surface area contributed by atoms with Crippen LogP contribution >= 0.6 is 0 Å². The molecule has 0 radical (unpaired) electrons. The lowest BCUT2D eigenvalue weighted by Gasteiger charge is -2.46. The number of carbonyl (C=O) groups excluding carboxylic acids is 1. The SMILES string of the molecule is COC(=O)c1ccc(OC2CC(N(CC3CNCCO3)C(C)C)C2)cc1F. The van der Waals surface area contributed by atoms with E-state index in [-0.39, 0.29) is 17.8 Å². The molecule has 1 aliphatic heterocycles. The first-order chi connectivity index (χ1) is 13.0. The standard InChI is InChI=1S/C20H29FN2O4/c1-13(2)23(12-17-11-22-6-7-26-17)14-8-16(9-14)27-15-4-5-18(19(21)10-15)20(24)25-3/h4-5,10,13-14,16-17,22H,6-9,11-12H2,1-3H3. The normalized spacial score (nSPS) is 25.3. The first-order valence-corrected chi connectivity index (χ1v) is 9.60. The van der Waals surface area contributed by atoms with E-state index in [0.29, 0.717) is 17.8 Å². The lowest BCUT2D eigenvalue weighted by Crippen LogP contribution is -2.56. The van der Waals surface area contributed by atoms with Crippen molar-refractivity contribution in [1.29, 1.82) is 0 Å². The Morgan fingerprint density at radius 2 is 2.19 bits per heavy atom. The molecule has 1 saturated heterocycles. The number of carbonyl (C=O) groups is 1. The number of benzene rings is 1. The van der Waals surface area contributed by atoms with Crippen molar-refractivity contribution < 1.29 is 23.4 Å². The van der Waals surface area contributed by atoms with Crippen LogP contribution in [0.5, 0.6) is 5.75 Å². The molecule has 150 valence electrons. The van der Waals surface area contributed by atoms with Crippen LogP contribution in [0.1, 0.15) is 37.0 Å². The van der Waals surface area contributed by atoms with Gasteiger partial charge in [-0.05, 0) is 26.0 Å². The highest BCUT2D eigenvalue weighted by molar-refractivity contribution is 5.89. The maximum Gasteiger partial charge on any atom is 0.340 e. The van der Waals surface area contributed by atoms with E-state index in [1.807, 2.05) is 0 Å². The van der Waals surface area contributed by atoms with Crippen molar-refractivity contribution in [2.75, 3.05) is 33.4 Å². The van der Waals surface area contributed by atoms with E-state index < -0.39 is 11.8 Å². The number of ether oxygens (including phenoxy) is 3. The molecule has 1 atom stereocenters. The van der Waals surface area contributed by atoms with Crippen LogP contribution in [-0.4, -0.2) is 68.5 Å². The number of hydrogen-bond acceptors (Lipinski definition) is 6. The van der Waals surface area contributed by atoms with Gasteiger partial charge in [0, 0.05) is 50.6 Å². The van der Waals surface area contributed by atoms with Crippen molar-refractivity contribution in [3.05, 3.63) is 29.6 Å². The molecule has 1 unspecified atom stereocenters. The van der Waals surface area contributed by atoms with Crippen LogP contribution in [-0.2, 0) is 9.47 Å². The highest BCUT2D eigenvalue weighted by Crippen LogP contribution is 2.32. The lowest BCUT2D eigenvalue weighted by molar-refractivity contribution is -0.0458. The molecule has 0 bridgehead atoms. The third kappa shape index (κ3) is 4.97. The van der Waals surface area contributed by atoms with Gasteiger partial charge in [0.1, 0.15) is 17.7 Å². The Bertz CT molecular complexity index is 643. The molecular formula is C20H29FN2O4. The van der Waals surface area contributed by atoms with E-state index >= 15 is 0 Å². The summed E-state index contributed by atoms with van der Waals surface area (Å²) in [6.07, 6.45) is 2.09. The van der Waals surface area contributed by atoms with Crippen LogP contribution in [0.15, 0.2) is 18.2 Å². The molecule has 1 N–H and O–H groups in total. The predicted octanol–water partition coefficient (Wildman–Crippen LogP) is 2.22. The Hall–Kier alpha value is -1.70. The Morgan fingerprint density at radius 3 is 2.78 bits per heavy atom. The van der Waals surface area contributed by atoms with Gasteiger partial charge in [-0.1, -0.05) is 0 Å². The first kappa shape index (κ1) is 20.0. The number of morpholine rings is 1. The van der Waals surface area contributed by atoms with Crippen LogP contribution in [0.25, 0.3) is 0 Å². The number of halogens is 1. The van der Waals surface area contributed by atoms with E-state index in [2.05, 4.69) is 28.8 Å². The summed E-state index contributed by atoms with van der Waals surface area (Å²) < 4.78 is 30.3. The van der Waals surface area contributed by atoms with Crippen LogP contribution < -0.4 is 10.1 Å². The molecule has 0 aromatic heterocycles. The Labute approximate surface area is 160 Å². The van der Waals surface area contributed by atoms with Crippen LogP contribution in [0.2, 0.25) is 0 Å². The van der Waals surface area contributed by atoms with Gasteiger partial charge in [0.2, 0.25) is 0 Å². The van der Waals surface area contributed by atoms with Gasteiger partial charge in [-0.2, -0.15) is 0 Å². The van der Waals surface area contributed by atoms with E-state index in [9.17, 15) is 9.18 Å².